The summed E-state index contributed by atoms with van der Waals surface area (Å²) in [6, 6.07) is 3.87. The molecule has 1 aromatic rings. The number of nitrogens with two attached hydrogens (primary N) is 1. The first kappa shape index (κ1) is 15.9. The van der Waals surface area contributed by atoms with Crippen LogP contribution in [0.2, 0.25) is 0 Å². The van der Waals surface area contributed by atoms with Crippen molar-refractivity contribution in [2.24, 2.45) is 0 Å². The van der Waals surface area contributed by atoms with E-state index < -0.39 is 11.7 Å². The first-order valence-corrected chi connectivity index (χ1v) is 6.51. The van der Waals surface area contributed by atoms with Gasteiger partial charge in [-0.15, -0.1) is 0 Å². The molecule has 0 saturated carbocycles. The van der Waals surface area contributed by atoms with Crippen molar-refractivity contribution in [1.82, 2.24) is 5.32 Å². The number of ether oxygens (including phenoxy) is 1. The van der Waals surface area contributed by atoms with Gasteiger partial charge in [-0.3, -0.25) is 0 Å². The molecule has 108 valence electrons. The Kier molecular flexibility index (Phi) is 5.04. The maximum atomic E-state index is 11.4. The molecule has 0 aliphatic heterocycles. The van der Waals surface area contributed by atoms with Crippen molar-refractivity contribution in [3.05, 3.63) is 28.8 Å². The number of carbonyl (C=O) groups excluding carboxylic acids is 1. The predicted molar refractivity (Wildman–Crippen MR) is 81.4 cm³/mol. The summed E-state index contributed by atoms with van der Waals surface area (Å²) in [5.74, 6) is 5.89. The van der Waals surface area contributed by atoms with Crippen molar-refractivity contribution in [3.63, 3.8) is 0 Å². The predicted octanol–water partition coefficient (Wildman–Crippen LogP) is 2.76. The van der Waals surface area contributed by atoms with Gasteiger partial charge in [0.1, 0.15) is 5.60 Å². The van der Waals surface area contributed by atoms with E-state index in [-0.39, 0.29) is 6.54 Å². The van der Waals surface area contributed by atoms with Crippen LogP contribution in [0.4, 0.5) is 10.5 Å². The third-order valence-electron chi connectivity index (χ3n) is 2.55. The maximum absolute atomic E-state index is 11.4. The van der Waals surface area contributed by atoms with E-state index in [4.69, 9.17) is 10.5 Å². The minimum Gasteiger partial charge on any atom is -0.444 e. The number of benzene rings is 1. The van der Waals surface area contributed by atoms with Crippen LogP contribution in [0.5, 0.6) is 0 Å². The first-order valence-electron chi connectivity index (χ1n) is 6.51. The Morgan fingerprint density at radius 1 is 1.30 bits per heavy atom. The SMILES string of the molecule is Cc1cc(C#CCNC(=O)OC(C)(C)C)cc(C)c1N. The number of anilines is 1. The number of rotatable bonds is 1. The van der Waals surface area contributed by atoms with Crippen LogP contribution in [0.3, 0.4) is 0 Å². The molecule has 0 atom stereocenters. The molecule has 4 nitrogen and oxygen atoms in total. The van der Waals surface area contributed by atoms with Gasteiger partial charge in [0, 0.05) is 11.3 Å². The number of hydrogen-bond donors (Lipinski definition) is 2. The summed E-state index contributed by atoms with van der Waals surface area (Å²) in [7, 11) is 0. The Labute approximate surface area is 120 Å². The second-order valence-corrected chi connectivity index (χ2v) is 5.68. The Hall–Kier alpha value is -2.15. The Morgan fingerprint density at radius 3 is 2.35 bits per heavy atom. The number of carbonyl (C=O) groups is 1. The van der Waals surface area contributed by atoms with Crippen LogP contribution in [-0.4, -0.2) is 18.2 Å². The van der Waals surface area contributed by atoms with E-state index in [1.165, 1.54) is 0 Å². The molecule has 0 unspecified atom stereocenters. The molecule has 0 radical (unpaired) electrons. The van der Waals surface area contributed by atoms with Crippen LogP contribution in [0, 0.1) is 25.7 Å². The van der Waals surface area contributed by atoms with E-state index in [1.807, 2.05) is 46.8 Å². The molecule has 0 fully saturated rings. The van der Waals surface area contributed by atoms with Crippen molar-refractivity contribution in [3.8, 4) is 11.8 Å². The molecule has 0 spiro atoms. The van der Waals surface area contributed by atoms with E-state index in [1.54, 1.807) is 0 Å². The quantitative estimate of drug-likeness (QED) is 0.611. The third kappa shape index (κ3) is 5.23. The van der Waals surface area contributed by atoms with Gasteiger partial charge in [-0.05, 0) is 57.9 Å². The van der Waals surface area contributed by atoms with Crippen LogP contribution >= 0.6 is 0 Å². The summed E-state index contributed by atoms with van der Waals surface area (Å²) in [6.07, 6.45) is -0.462. The molecule has 1 amide bonds. The Morgan fingerprint density at radius 2 is 1.85 bits per heavy atom. The lowest BCUT2D eigenvalue weighted by atomic mass is 10.1. The fourth-order valence-corrected chi connectivity index (χ4v) is 1.62. The molecular formula is C16H22N2O2. The summed E-state index contributed by atoms with van der Waals surface area (Å²) in [5.41, 5.74) is 9.09. The standard InChI is InChI=1S/C16H22N2O2/c1-11-9-13(10-12(2)14(11)17)7-6-8-18-15(19)20-16(3,4)5/h9-10H,8,17H2,1-5H3,(H,18,19). The molecule has 0 aromatic heterocycles. The third-order valence-corrected chi connectivity index (χ3v) is 2.55. The molecule has 4 heteroatoms. The van der Waals surface area contributed by atoms with Gasteiger partial charge in [0.2, 0.25) is 0 Å². The lowest BCUT2D eigenvalue weighted by Gasteiger charge is -2.19. The molecule has 3 N–H and O–H groups in total. The highest BCUT2D eigenvalue weighted by Gasteiger charge is 2.14. The van der Waals surface area contributed by atoms with Crippen LogP contribution in [-0.2, 0) is 4.74 Å². The zero-order chi connectivity index (χ0) is 15.3. The van der Waals surface area contributed by atoms with Crippen molar-refractivity contribution >= 4 is 11.8 Å². The van der Waals surface area contributed by atoms with Gasteiger partial charge in [-0.25, -0.2) is 4.79 Å². The van der Waals surface area contributed by atoms with Gasteiger partial charge < -0.3 is 15.8 Å². The molecular weight excluding hydrogens is 252 g/mol. The summed E-state index contributed by atoms with van der Waals surface area (Å²) < 4.78 is 5.11. The minimum atomic E-state index is -0.497. The number of nitrogen functional groups attached to an aromatic ring is 1. The maximum Gasteiger partial charge on any atom is 0.408 e. The molecule has 20 heavy (non-hydrogen) atoms. The van der Waals surface area contributed by atoms with Crippen LogP contribution in [0.25, 0.3) is 0 Å². The minimum absolute atomic E-state index is 0.247. The van der Waals surface area contributed by atoms with Crippen molar-refractivity contribution < 1.29 is 9.53 Å². The van der Waals surface area contributed by atoms with Crippen LogP contribution in [0.1, 0.15) is 37.5 Å². The van der Waals surface area contributed by atoms with Gasteiger partial charge in [0.05, 0.1) is 6.54 Å². The molecule has 1 rings (SSSR count). The average Bonchev–Trinajstić information content (AvgIpc) is 2.29. The van der Waals surface area contributed by atoms with Gasteiger partial charge in [0.25, 0.3) is 0 Å². The average molecular weight is 274 g/mol. The number of hydrogen-bond acceptors (Lipinski definition) is 3. The molecule has 0 aliphatic rings. The largest absolute Gasteiger partial charge is 0.444 e. The number of aryl methyl sites for hydroxylation is 2. The number of amides is 1. The monoisotopic (exact) mass is 274 g/mol. The molecule has 0 aliphatic carbocycles. The lowest BCUT2D eigenvalue weighted by molar-refractivity contribution is 0.0535. The van der Waals surface area contributed by atoms with E-state index in [0.29, 0.717) is 0 Å². The Balaban J connectivity index is 2.58. The zero-order valence-corrected chi connectivity index (χ0v) is 12.8. The first-order chi connectivity index (χ1) is 9.19. The van der Waals surface area contributed by atoms with E-state index in [2.05, 4.69) is 17.2 Å². The highest BCUT2D eigenvalue weighted by molar-refractivity contribution is 5.68. The molecule has 0 saturated heterocycles. The van der Waals surface area contributed by atoms with Crippen molar-refractivity contribution in [2.45, 2.75) is 40.2 Å². The van der Waals surface area contributed by atoms with Gasteiger partial charge in [-0.2, -0.15) is 0 Å². The highest BCUT2D eigenvalue weighted by atomic mass is 16.6. The van der Waals surface area contributed by atoms with E-state index >= 15 is 0 Å². The smallest absolute Gasteiger partial charge is 0.408 e. The summed E-state index contributed by atoms with van der Waals surface area (Å²) in [5, 5.41) is 2.59. The topological polar surface area (TPSA) is 64.3 Å². The second kappa shape index (κ2) is 6.33. The molecule has 1 aromatic carbocycles. The number of nitrogens with one attached hydrogen (secondary N) is 1. The van der Waals surface area contributed by atoms with Gasteiger partial charge in [-0.1, -0.05) is 11.8 Å². The highest BCUT2D eigenvalue weighted by Crippen LogP contribution is 2.17. The fraction of sp³-hybridized carbons (Fsp3) is 0.438. The summed E-state index contributed by atoms with van der Waals surface area (Å²) >= 11 is 0. The van der Waals surface area contributed by atoms with Crippen LogP contribution in [0.15, 0.2) is 12.1 Å². The molecule has 0 heterocycles. The normalized spacial score (nSPS) is 10.4. The van der Waals surface area contributed by atoms with Crippen molar-refractivity contribution in [2.75, 3.05) is 12.3 Å². The van der Waals surface area contributed by atoms with Crippen LogP contribution < -0.4 is 11.1 Å². The second-order valence-electron chi connectivity index (χ2n) is 5.68. The van der Waals surface area contributed by atoms with E-state index in [0.717, 1.165) is 22.4 Å². The van der Waals surface area contributed by atoms with Crippen molar-refractivity contribution in [1.29, 1.82) is 0 Å². The van der Waals surface area contributed by atoms with E-state index in [9.17, 15) is 4.79 Å². The molecule has 0 bridgehead atoms. The lowest BCUT2D eigenvalue weighted by Crippen LogP contribution is -2.32. The Bertz CT molecular complexity index is 537. The zero-order valence-electron chi connectivity index (χ0n) is 12.8. The van der Waals surface area contributed by atoms with Gasteiger partial charge in [0.15, 0.2) is 0 Å². The summed E-state index contributed by atoms with van der Waals surface area (Å²) in [4.78, 5) is 11.4. The van der Waals surface area contributed by atoms with Gasteiger partial charge >= 0.3 is 6.09 Å². The number of alkyl carbamates (subject to hydrolysis) is 1. The fourth-order valence-electron chi connectivity index (χ4n) is 1.62. The summed E-state index contributed by atoms with van der Waals surface area (Å²) in [6.45, 7) is 9.60.